The fourth-order valence-electron chi connectivity index (χ4n) is 1.92. The lowest BCUT2D eigenvalue weighted by molar-refractivity contribution is 0.632. The molecule has 1 nitrogen and oxygen atoms in total. The first-order chi connectivity index (χ1) is 7.74. The summed E-state index contributed by atoms with van der Waals surface area (Å²) < 4.78 is 0. The van der Waals surface area contributed by atoms with Crippen LogP contribution in [0, 0.1) is 0 Å². The van der Waals surface area contributed by atoms with Gasteiger partial charge in [0.25, 0.3) is 0 Å². The zero-order chi connectivity index (χ0) is 11.8. The fraction of sp³-hybridized carbons (Fsp3) is 0.600. The first kappa shape index (κ1) is 13.2. The minimum Gasteiger partial charge on any atom is -0.324 e. The first-order valence-electron chi connectivity index (χ1n) is 6.58. The maximum Gasteiger partial charge on any atom is 0.0266 e. The summed E-state index contributed by atoms with van der Waals surface area (Å²) in [5.74, 6) is 0. The zero-order valence-electron chi connectivity index (χ0n) is 10.7. The largest absolute Gasteiger partial charge is 0.324 e. The third-order valence-electron chi connectivity index (χ3n) is 3.07. The van der Waals surface area contributed by atoms with Crippen LogP contribution in [-0.2, 0) is 6.42 Å². The fourth-order valence-corrected chi connectivity index (χ4v) is 1.92. The van der Waals surface area contributed by atoms with E-state index in [-0.39, 0.29) is 6.04 Å². The van der Waals surface area contributed by atoms with Gasteiger partial charge in [-0.15, -0.1) is 0 Å². The van der Waals surface area contributed by atoms with E-state index in [1.807, 2.05) is 6.92 Å². The minimum absolute atomic E-state index is 0.151. The molecule has 0 aliphatic carbocycles. The van der Waals surface area contributed by atoms with E-state index in [0.717, 1.165) is 0 Å². The Morgan fingerprint density at radius 2 is 1.62 bits per heavy atom. The highest BCUT2D eigenvalue weighted by Gasteiger charge is 1.99. The van der Waals surface area contributed by atoms with Crippen molar-refractivity contribution in [3.05, 3.63) is 35.4 Å². The van der Waals surface area contributed by atoms with Crippen LogP contribution in [0.25, 0.3) is 0 Å². The Morgan fingerprint density at radius 3 is 2.19 bits per heavy atom. The molecule has 1 aromatic rings. The van der Waals surface area contributed by atoms with Crippen molar-refractivity contribution in [3.63, 3.8) is 0 Å². The second-order valence-corrected chi connectivity index (χ2v) is 4.69. The maximum absolute atomic E-state index is 5.82. The molecule has 1 rings (SSSR count). The molecule has 0 radical (unpaired) electrons. The van der Waals surface area contributed by atoms with Gasteiger partial charge in [0.15, 0.2) is 0 Å². The van der Waals surface area contributed by atoms with E-state index in [1.165, 1.54) is 49.7 Å². The van der Waals surface area contributed by atoms with E-state index in [2.05, 4.69) is 31.2 Å². The third-order valence-corrected chi connectivity index (χ3v) is 3.07. The van der Waals surface area contributed by atoms with Gasteiger partial charge in [0.05, 0.1) is 0 Å². The zero-order valence-corrected chi connectivity index (χ0v) is 10.7. The summed E-state index contributed by atoms with van der Waals surface area (Å²) in [6.45, 7) is 4.28. The van der Waals surface area contributed by atoms with E-state index >= 15 is 0 Å². The van der Waals surface area contributed by atoms with E-state index in [0.29, 0.717) is 0 Å². The van der Waals surface area contributed by atoms with E-state index in [9.17, 15) is 0 Å². The second kappa shape index (κ2) is 7.45. The molecule has 0 saturated carbocycles. The highest BCUT2D eigenvalue weighted by molar-refractivity contribution is 5.24. The molecular formula is C15H25N. The summed E-state index contributed by atoms with van der Waals surface area (Å²) in [4.78, 5) is 0. The molecule has 0 saturated heterocycles. The molecule has 1 aromatic carbocycles. The van der Waals surface area contributed by atoms with Crippen LogP contribution in [0.1, 0.15) is 63.1 Å². The van der Waals surface area contributed by atoms with Crippen molar-refractivity contribution in [1.82, 2.24) is 0 Å². The molecule has 0 amide bonds. The van der Waals surface area contributed by atoms with Crippen molar-refractivity contribution < 1.29 is 0 Å². The van der Waals surface area contributed by atoms with Crippen LogP contribution in [0.3, 0.4) is 0 Å². The van der Waals surface area contributed by atoms with E-state index < -0.39 is 0 Å². The highest BCUT2D eigenvalue weighted by atomic mass is 14.6. The number of benzene rings is 1. The number of aryl methyl sites for hydroxylation is 1. The molecular weight excluding hydrogens is 194 g/mol. The topological polar surface area (TPSA) is 26.0 Å². The Morgan fingerprint density at radius 1 is 1.00 bits per heavy atom. The lowest BCUT2D eigenvalue weighted by atomic mass is 10.0. The molecule has 16 heavy (non-hydrogen) atoms. The summed E-state index contributed by atoms with van der Waals surface area (Å²) in [5.41, 5.74) is 8.50. The first-order valence-corrected chi connectivity index (χ1v) is 6.58. The van der Waals surface area contributed by atoms with Gasteiger partial charge in [0.2, 0.25) is 0 Å². The Kier molecular flexibility index (Phi) is 6.17. The van der Waals surface area contributed by atoms with Gasteiger partial charge >= 0.3 is 0 Å². The van der Waals surface area contributed by atoms with Gasteiger partial charge in [0.1, 0.15) is 0 Å². The van der Waals surface area contributed by atoms with Gasteiger partial charge in [-0.05, 0) is 30.9 Å². The van der Waals surface area contributed by atoms with Crippen LogP contribution >= 0.6 is 0 Å². The highest BCUT2D eigenvalue weighted by Crippen LogP contribution is 2.13. The molecule has 0 fully saturated rings. The van der Waals surface area contributed by atoms with E-state index in [4.69, 9.17) is 5.73 Å². The second-order valence-electron chi connectivity index (χ2n) is 4.69. The van der Waals surface area contributed by atoms with Gasteiger partial charge in [0, 0.05) is 6.04 Å². The van der Waals surface area contributed by atoms with Gasteiger partial charge in [-0.25, -0.2) is 0 Å². The van der Waals surface area contributed by atoms with Crippen molar-refractivity contribution in [1.29, 1.82) is 0 Å². The monoisotopic (exact) mass is 219 g/mol. The lowest BCUT2D eigenvalue weighted by Gasteiger charge is -2.07. The molecule has 0 bridgehead atoms. The number of nitrogens with two attached hydrogens (primary N) is 1. The van der Waals surface area contributed by atoms with Crippen LogP contribution in [0.4, 0.5) is 0 Å². The SMILES string of the molecule is CCCCCCCc1ccc(C(C)N)cc1. The standard InChI is InChI=1S/C15H25N/c1-3-4-5-6-7-8-14-9-11-15(12-10-14)13(2)16/h9-13H,3-8,16H2,1-2H3. The summed E-state index contributed by atoms with van der Waals surface area (Å²) in [6, 6.07) is 8.91. The van der Waals surface area contributed by atoms with E-state index in [1.54, 1.807) is 0 Å². The summed E-state index contributed by atoms with van der Waals surface area (Å²) in [6.07, 6.45) is 7.98. The average molecular weight is 219 g/mol. The maximum atomic E-state index is 5.82. The van der Waals surface area contributed by atoms with Crippen molar-refractivity contribution in [2.75, 3.05) is 0 Å². The predicted molar refractivity (Wildman–Crippen MR) is 71.5 cm³/mol. The van der Waals surface area contributed by atoms with Gasteiger partial charge in [-0.2, -0.15) is 0 Å². The Hall–Kier alpha value is -0.820. The van der Waals surface area contributed by atoms with Crippen molar-refractivity contribution in [2.45, 2.75) is 58.4 Å². The van der Waals surface area contributed by atoms with Crippen LogP contribution in [-0.4, -0.2) is 0 Å². The number of hydrogen-bond acceptors (Lipinski definition) is 1. The number of rotatable bonds is 7. The quantitative estimate of drug-likeness (QED) is 0.683. The normalized spacial score (nSPS) is 12.7. The Labute approximate surface area is 100 Å². The Balaban J connectivity index is 2.27. The molecule has 2 N–H and O–H groups in total. The molecule has 0 aliphatic heterocycles. The summed E-state index contributed by atoms with van der Waals surface area (Å²) in [7, 11) is 0. The molecule has 0 heterocycles. The van der Waals surface area contributed by atoms with Crippen LogP contribution < -0.4 is 5.73 Å². The summed E-state index contributed by atoms with van der Waals surface area (Å²) in [5, 5.41) is 0. The lowest BCUT2D eigenvalue weighted by Crippen LogP contribution is -2.04. The van der Waals surface area contributed by atoms with Crippen molar-refractivity contribution >= 4 is 0 Å². The van der Waals surface area contributed by atoms with Crippen LogP contribution in [0.2, 0.25) is 0 Å². The number of hydrogen-bond donors (Lipinski definition) is 1. The average Bonchev–Trinajstić information content (AvgIpc) is 2.29. The third kappa shape index (κ3) is 4.80. The van der Waals surface area contributed by atoms with Gasteiger partial charge in [-0.1, -0.05) is 56.9 Å². The van der Waals surface area contributed by atoms with Crippen LogP contribution in [0.15, 0.2) is 24.3 Å². The molecule has 1 unspecified atom stereocenters. The minimum atomic E-state index is 0.151. The molecule has 0 aliphatic rings. The van der Waals surface area contributed by atoms with Crippen LogP contribution in [0.5, 0.6) is 0 Å². The van der Waals surface area contributed by atoms with Gasteiger partial charge in [-0.3, -0.25) is 0 Å². The molecule has 90 valence electrons. The molecule has 1 heteroatoms. The number of unbranched alkanes of at least 4 members (excludes halogenated alkanes) is 4. The molecule has 0 spiro atoms. The van der Waals surface area contributed by atoms with Crippen molar-refractivity contribution in [2.24, 2.45) is 5.73 Å². The van der Waals surface area contributed by atoms with Gasteiger partial charge < -0.3 is 5.73 Å². The molecule has 0 aromatic heterocycles. The predicted octanol–water partition coefficient (Wildman–Crippen LogP) is 4.22. The van der Waals surface area contributed by atoms with Crippen molar-refractivity contribution in [3.8, 4) is 0 Å². The smallest absolute Gasteiger partial charge is 0.0266 e. The Bertz CT molecular complexity index is 274. The molecule has 1 atom stereocenters. The summed E-state index contributed by atoms with van der Waals surface area (Å²) >= 11 is 0.